The Bertz CT molecular complexity index is 1810. The minimum absolute atomic E-state index is 0.117. The third-order valence-electron chi connectivity index (χ3n) is 5.95. The Hall–Kier alpha value is -4.73. The van der Waals surface area contributed by atoms with Gasteiger partial charge in [-0.15, -0.1) is 0 Å². The molecule has 0 fully saturated rings. The van der Waals surface area contributed by atoms with Gasteiger partial charge in [-0.1, -0.05) is 30.3 Å². The van der Waals surface area contributed by atoms with Crippen LogP contribution >= 0.6 is 0 Å². The van der Waals surface area contributed by atoms with Crippen LogP contribution in [0.3, 0.4) is 0 Å². The maximum absolute atomic E-state index is 13.3. The van der Waals surface area contributed by atoms with Gasteiger partial charge in [-0.05, 0) is 36.4 Å². The highest BCUT2D eigenvalue weighted by atomic mass is 19.4. The minimum Gasteiger partial charge on any atom is -0.431 e. The second-order valence-corrected chi connectivity index (χ2v) is 8.16. The number of nitrogens with zero attached hydrogens (tertiary/aromatic N) is 5. The van der Waals surface area contributed by atoms with Crippen LogP contribution in [0, 0.1) is 0 Å². The molecule has 10 heteroatoms. The molecule has 0 saturated heterocycles. The summed E-state index contributed by atoms with van der Waals surface area (Å²) in [5, 5.41) is 0.647. The number of hydrogen-bond acceptors (Lipinski definition) is 5. The van der Waals surface area contributed by atoms with E-state index in [0.717, 1.165) is 23.2 Å². The minimum atomic E-state index is -4.48. The molecule has 0 amide bonds. The number of alkyl halides is 3. The molecule has 0 spiro atoms. The van der Waals surface area contributed by atoms with E-state index in [1.54, 1.807) is 29.8 Å². The van der Waals surface area contributed by atoms with Crippen LogP contribution in [-0.2, 0) is 13.2 Å². The van der Waals surface area contributed by atoms with Gasteiger partial charge in [-0.25, -0.2) is 4.98 Å². The summed E-state index contributed by atoms with van der Waals surface area (Å²) in [6.45, 7) is 0. The van der Waals surface area contributed by atoms with Crippen molar-refractivity contribution >= 4 is 21.9 Å². The molecule has 0 unspecified atom stereocenters. The van der Waals surface area contributed by atoms with Crippen molar-refractivity contribution in [2.75, 3.05) is 0 Å². The maximum Gasteiger partial charge on any atom is 0.416 e. The number of aryl methyl sites for hydroxylation is 1. The van der Waals surface area contributed by atoms with E-state index < -0.39 is 17.3 Å². The van der Waals surface area contributed by atoms with Crippen LogP contribution in [0.4, 0.5) is 13.2 Å². The second kappa shape index (κ2) is 7.91. The zero-order chi connectivity index (χ0) is 25.0. The van der Waals surface area contributed by atoms with Gasteiger partial charge in [0.2, 0.25) is 0 Å². The lowest BCUT2D eigenvalue weighted by Gasteiger charge is -2.08. The summed E-state index contributed by atoms with van der Waals surface area (Å²) in [5.74, 6) is 0.770. The summed E-state index contributed by atoms with van der Waals surface area (Å²) in [4.78, 5) is 26.7. The average Bonchev–Trinajstić information content (AvgIpc) is 3.46. The fourth-order valence-electron chi connectivity index (χ4n) is 4.14. The van der Waals surface area contributed by atoms with E-state index in [9.17, 15) is 18.0 Å². The van der Waals surface area contributed by atoms with Crippen LogP contribution in [0.5, 0.6) is 0 Å². The third kappa shape index (κ3) is 3.46. The van der Waals surface area contributed by atoms with Crippen LogP contribution in [-0.4, -0.2) is 24.1 Å². The van der Waals surface area contributed by atoms with Gasteiger partial charge in [-0.2, -0.15) is 18.2 Å². The Labute approximate surface area is 201 Å². The monoisotopic (exact) mass is 487 g/mol. The molecule has 0 N–H and O–H groups in total. The second-order valence-electron chi connectivity index (χ2n) is 8.16. The Balaban J connectivity index is 1.59. The molecular formula is C26H16F3N5O2. The molecule has 0 radical (unpaired) electrons. The highest BCUT2D eigenvalue weighted by Crippen LogP contribution is 2.35. The zero-order valence-electron chi connectivity index (χ0n) is 18.7. The van der Waals surface area contributed by atoms with Crippen molar-refractivity contribution in [3.63, 3.8) is 0 Å². The predicted octanol–water partition coefficient (Wildman–Crippen LogP) is 5.61. The highest BCUT2D eigenvalue weighted by molar-refractivity contribution is 5.80. The van der Waals surface area contributed by atoms with Crippen molar-refractivity contribution < 1.29 is 17.6 Å². The molecule has 0 aliphatic heterocycles. The first-order valence-electron chi connectivity index (χ1n) is 10.9. The van der Waals surface area contributed by atoms with Gasteiger partial charge in [0.15, 0.2) is 17.4 Å². The number of aromatic nitrogens is 5. The molecule has 178 valence electrons. The van der Waals surface area contributed by atoms with Crippen molar-refractivity contribution in [3.8, 4) is 28.9 Å². The lowest BCUT2D eigenvalue weighted by molar-refractivity contribution is -0.137. The smallest absolute Gasteiger partial charge is 0.416 e. The number of halogens is 3. The van der Waals surface area contributed by atoms with E-state index >= 15 is 0 Å². The summed E-state index contributed by atoms with van der Waals surface area (Å²) in [6.07, 6.45) is -1.43. The van der Waals surface area contributed by atoms with E-state index in [4.69, 9.17) is 4.42 Å². The first kappa shape index (κ1) is 21.8. The molecule has 4 aromatic heterocycles. The number of oxazole rings is 1. The molecule has 6 rings (SSSR count). The van der Waals surface area contributed by atoms with Crippen molar-refractivity contribution in [1.29, 1.82) is 0 Å². The summed E-state index contributed by atoms with van der Waals surface area (Å²) in [5.41, 5.74) is 0.878. The van der Waals surface area contributed by atoms with Crippen LogP contribution < -0.4 is 5.56 Å². The van der Waals surface area contributed by atoms with Crippen molar-refractivity contribution in [1.82, 2.24) is 24.1 Å². The van der Waals surface area contributed by atoms with Gasteiger partial charge >= 0.3 is 6.18 Å². The summed E-state index contributed by atoms with van der Waals surface area (Å²) in [6, 6.07) is 17.2. The first-order chi connectivity index (χ1) is 17.3. The van der Waals surface area contributed by atoms with E-state index in [1.807, 2.05) is 24.3 Å². The SMILES string of the molecule is Cn1c(-c2nc(-n3ccc4cccnc4c3=O)c(-c3ccc(C(F)(F)F)cc3)o2)nc2ccccc21. The summed E-state index contributed by atoms with van der Waals surface area (Å²) >= 11 is 0. The molecule has 0 atom stereocenters. The quantitative estimate of drug-likeness (QED) is 0.324. The first-order valence-corrected chi connectivity index (χ1v) is 10.9. The number of imidazole rings is 1. The Morgan fingerprint density at radius 1 is 0.917 bits per heavy atom. The normalized spacial score (nSPS) is 12.0. The Morgan fingerprint density at radius 2 is 1.69 bits per heavy atom. The number of rotatable bonds is 3. The van der Waals surface area contributed by atoms with E-state index in [1.165, 1.54) is 29.1 Å². The standard InChI is InChI=1S/C26H16F3N5O2/c1-33-19-7-3-2-6-18(19)31-23(33)24-32-22(34-14-12-15-5-4-13-30-20(15)25(34)35)21(36-24)16-8-10-17(11-9-16)26(27,28)29/h2-14H,1H3. The zero-order valence-corrected chi connectivity index (χ0v) is 18.7. The Morgan fingerprint density at radius 3 is 2.44 bits per heavy atom. The van der Waals surface area contributed by atoms with E-state index in [0.29, 0.717) is 16.8 Å². The van der Waals surface area contributed by atoms with Crippen LogP contribution in [0.25, 0.3) is 50.8 Å². The number of fused-ring (bicyclic) bond motifs is 2. The number of pyridine rings is 2. The molecule has 4 heterocycles. The fourth-order valence-corrected chi connectivity index (χ4v) is 4.14. The van der Waals surface area contributed by atoms with Gasteiger partial charge in [-0.3, -0.25) is 14.3 Å². The van der Waals surface area contributed by atoms with Crippen molar-refractivity contribution in [3.05, 3.63) is 95.0 Å². The lowest BCUT2D eigenvalue weighted by atomic mass is 10.1. The largest absolute Gasteiger partial charge is 0.431 e. The molecule has 6 aromatic rings. The van der Waals surface area contributed by atoms with Crippen molar-refractivity contribution in [2.24, 2.45) is 7.05 Å². The van der Waals surface area contributed by atoms with Gasteiger partial charge < -0.3 is 8.98 Å². The van der Waals surface area contributed by atoms with Gasteiger partial charge in [0.05, 0.1) is 16.6 Å². The lowest BCUT2D eigenvalue weighted by Crippen LogP contribution is -2.19. The number of benzene rings is 2. The van der Waals surface area contributed by atoms with Crippen molar-refractivity contribution in [2.45, 2.75) is 6.18 Å². The molecule has 0 aliphatic carbocycles. The molecule has 36 heavy (non-hydrogen) atoms. The Kier molecular flexibility index (Phi) is 4.78. The van der Waals surface area contributed by atoms with Gasteiger partial charge in [0.1, 0.15) is 5.52 Å². The summed E-state index contributed by atoms with van der Waals surface area (Å²) < 4.78 is 48.6. The molecular weight excluding hydrogens is 471 g/mol. The van der Waals surface area contributed by atoms with Crippen LogP contribution in [0.1, 0.15) is 5.56 Å². The van der Waals surface area contributed by atoms with Crippen LogP contribution in [0.15, 0.2) is 88.3 Å². The third-order valence-corrected chi connectivity index (χ3v) is 5.95. The fraction of sp³-hybridized carbons (Fsp3) is 0.0769. The van der Waals surface area contributed by atoms with Gasteiger partial charge in [0.25, 0.3) is 11.4 Å². The maximum atomic E-state index is 13.3. The molecule has 0 bridgehead atoms. The number of para-hydroxylation sites is 2. The predicted molar refractivity (Wildman–Crippen MR) is 128 cm³/mol. The molecule has 2 aromatic carbocycles. The highest BCUT2D eigenvalue weighted by Gasteiger charge is 2.30. The van der Waals surface area contributed by atoms with E-state index in [-0.39, 0.29) is 23.0 Å². The summed E-state index contributed by atoms with van der Waals surface area (Å²) in [7, 11) is 1.80. The van der Waals surface area contributed by atoms with Gasteiger partial charge in [0, 0.05) is 30.4 Å². The number of hydrogen-bond donors (Lipinski definition) is 0. The van der Waals surface area contributed by atoms with E-state index in [2.05, 4.69) is 15.0 Å². The molecule has 0 aliphatic rings. The van der Waals surface area contributed by atoms with Crippen LogP contribution in [0.2, 0.25) is 0 Å². The molecule has 7 nitrogen and oxygen atoms in total. The topological polar surface area (TPSA) is 78.7 Å². The molecule has 0 saturated carbocycles. The average molecular weight is 487 g/mol.